The topological polar surface area (TPSA) is 84.9 Å². The predicted octanol–water partition coefficient (Wildman–Crippen LogP) is 2.81. The maximum atomic E-state index is 13.6. The van der Waals surface area contributed by atoms with Crippen LogP contribution in [0.15, 0.2) is 24.3 Å². The summed E-state index contributed by atoms with van der Waals surface area (Å²) in [5.74, 6) is 1.12. The van der Waals surface area contributed by atoms with Crippen LogP contribution in [0.1, 0.15) is 63.4 Å². The van der Waals surface area contributed by atoms with Crippen LogP contribution in [0.25, 0.3) is 0 Å². The summed E-state index contributed by atoms with van der Waals surface area (Å²) in [5.41, 5.74) is 1.18. The Kier molecular flexibility index (Phi) is 6.89. The van der Waals surface area contributed by atoms with Gasteiger partial charge in [-0.2, -0.15) is 0 Å². The third-order valence-electron chi connectivity index (χ3n) is 6.88. The van der Waals surface area contributed by atoms with Gasteiger partial charge in [-0.05, 0) is 62.5 Å². The van der Waals surface area contributed by atoms with E-state index in [1.165, 1.54) is 11.8 Å². The molecule has 0 spiro atoms. The highest BCUT2D eigenvalue weighted by Gasteiger charge is 2.40. The molecule has 1 aromatic carbocycles. The fourth-order valence-electron chi connectivity index (χ4n) is 5.30. The van der Waals surface area contributed by atoms with Gasteiger partial charge in [0.05, 0.1) is 25.0 Å². The van der Waals surface area contributed by atoms with Crippen LogP contribution in [0, 0.1) is 0 Å². The van der Waals surface area contributed by atoms with E-state index in [0.29, 0.717) is 31.9 Å². The first-order chi connectivity index (χ1) is 14.9. The lowest BCUT2D eigenvalue weighted by molar-refractivity contribution is -0.146. The summed E-state index contributed by atoms with van der Waals surface area (Å²) in [7, 11) is -3.39. The summed E-state index contributed by atoms with van der Waals surface area (Å²) in [6.45, 7) is 2.89. The van der Waals surface area contributed by atoms with Crippen molar-refractivity contribution in [1.82, 2.24) is 9.62 Å². The van der Waals surface area contributed by atoms with Crippen LogP contribution >= 0.6 is 0 Å². The summed E-state index contributed by atoms with van der Waals surface area (Å²) in [6.07, 6.45) is 6.67. The lowest BCUT2D eigenvalue weighted by Crippen LogP contribution is -2.61. The molecule has 5 rings (SSSR count). The van der Waals surface area contributed by atoms with Gasteiger partial charge in [-0.25, -0.2) is 13.1 Å². The summed E-state index contributed by atoms with van der Waals surface area (Å²) >= 11 is 0. The second kappa shape index (κ2) is 9.46. The molecule has 1 saturated heterocycles. The van der Waals surface area contributed by atoms with Crippen LogP contribution in [-0.2, 0) is 19.6 Å². The molecule has 8 heteroatoms. The van der Waals surface area contributed by atoms with E-state index in [4.69, 9.17) is 9.47 Å². The molecule has 1 amide bonds. The van der Waals surface area contributed by atoms with E-state index in [1.807, 2.05) is 25.1 Å². The molecule has 0 radical (unpaired) electrons. The number of ether oxygens (including phenoxy) is 2. The first-order valence-electron chi connectivity index (χ1n) is 11.5. The number of rotatable bonds is 3. The SMILES string of the molecule is CCC1Oc2ccccc2C2CCC(CC2)OCC2[C@@H](NS(C)(=O)=O)CCCN2C1=O. The Morgan fingerprint density at radius 3 is 2.58 bits per heavy atom. The van der Waals surface area contributed by atoms with Gasteiger partial charge in [-0.15, -0.1) is 0 Å². The van der Waals surface area contributed by atoms with Crippen molar-refractivity contribution >= 4 is 15.9 Å². The zero-order chi connectivity index (χ0) is 22.0. The van der Waals surface area contributed by atoms with Crippen LogP contribution in [0.2, 0.25) is 0 Å². The van der Waals surface area contributed by atoms with Gasteiger partial charge in [0.1, 0.15) is 5.75 Å². The average molecular weight is 451 g/mol. The fraction of sp³-hybridized carbons (Fsp3) is 0.696. The third-order valence-corrected chi connectivity index (χ3v) is 7.61. The molecule has 3 heterocycles. The van der Waals surface area contributed by atoms with Crippen LogP contribution in [0.3, 0.4) is 0 Å². The number of benzene rings is 1. The van der Waals surface area contributed by atoms with Crippen LogP contribution < -0.4 is 9.46 Å². The minimum atomic E-state index is -3.39. The molecular formula is C23H34N2O5S. The zero-order valence-corrected chi connectivity index (χ0v) is 19.3. The van der Waals surface area contributed by atoms with E-state index in [-0.39, 0.29) is 24.1 Å². The quantitative estimate of drug-likeness (QED) is 0.766. The van der Waals surface area contributed by atoms with E-state index in [1.54, 1.807) is 4.90 Å². The summed E-state index contributed by atoms with van der Waals surface area (Å²) in [6, 6.07) is 7.40. The Balaban J connectivity index is 1.68. The maximum absolute atomic E-state index is 13.6. The first-order valence-corrected chi connectivity index (χ1v) is 13.4. The number of fused-ring (bicyclic) bond motifs is 5. The molecule has 3 atom stereocenters. The van der Waals surface area contributed by atoms with Gasteiger partial charge in [-0.1, -0.05) is 25.1 Å². The number of para-hydroxylation sites is 1. The van der Waals surface area contributed by atoms with E-state index in [9.17, 15) is 13.2 Å². The van der Waals surface area contributed by atoms with E-state index < -0.39 is 16.1 Å². The lowest BCUT2D eigenvalue weighted by Gasteiger charge is -2.42. The maximum Gasteiger partial charge on any atom is 0.264 e. The molecule has 2 unspecified atom stereocenters. The predicted molar refractivity (Wildman–Crippen MR) is 119 cm³/mol. The van der Waals surface area contributed by atoms with Crippen molar-refractivity contribution in [3.8, 4) is 5.75 Å². The Bertz CT molecular complexity index is 882. The van der Waals surface area contributed by atoms with E-state index in [0.717, 1.165) is 37.9 Å². The smallest absolute Gasteiger partial charge is 0.264 e. The van der Waals surface area contributed by atoms with Crippen LogP contribution in [-0.4, -0.2) is 62.9 Å². The van der Waals surface area contributed by atoms with Gasteiger partial charge in [-0.3, -0.25) is 4.79 Å². The number of nitrogens with zero attached hydrogens (tertiary/aromatic N) is 1. The van der Waals surface area contributed by atoms with Gasteiger partial charge in [0.15, 0.2) is 6.10 Å². The number of amides is 1. The molecule has 1 aromatic rings. The van der Waals surface area contributed by atoms with Crippen molar-refractivity contribution in [1.29, 1.82) is 0 Å². The molecule has 1 saturated carbocycles. The number of hydrogen-bond donors (Lipinski definition) is 1. The number of nitrogens with one attached hydrogen (secondary N) is 1. The van der Waals surface area contributed by atoms with Crippen molar-refractivity contribution in [3.63, 3.8) is 0 Å². The Morgan fingerprint density at radius 2 is 1.87 bits per heavy atom. The van der Waals surface area contributed by atoms with Crippen molar-refractivity contribution in [3.05, 3.63) is 29.8 Å². The van der Waals surface area contributed by atoms with Crippen molar-refractivity contribution in [2.45, 2.75) is 82.1 Å². The monoisotopic (exact) mass is 450 g/mol. The Hall–Kier alpha value is -1.64. The summed E-state index contributed by atoms with van der Waals surface area (Å²) in [4.78, 5) is 15.4. The van der Waals surface area contributed by atoms with Gasteiger partial charge >= 0.3 is 0 Å². The average Bonchev–Trinajstić information content (AvgIpc) is 2.76. The van der Waals surface area contributed by atoms with Crippen molar-refractivity contribution in [2.75, 3.05) is 19.4 Å². The lowest BCUT2D eigenvalue weighted by atomic mass is 9.82. The van der Waals surface area contributed by atoms with Crippen LogP contribution in [0.4, 0.5) is 0 Å². The van der Waals surface area contributed by atoms with Gasteiger partial charge in [0.25, 0.3) is 5.91 Å². The van der Waals surface area contributed by atoms with Crippen molar-refractivity contribution in [2.24, 2.45) is 0 Å². The molecule has 7 nitrogen and oxygen atoms in total. The van der Waals surface area contributed by atoms with Gasteiger partial charge < -0.3 is 14.4 Å². The molecule has 1 N–H and O–H groups in total. The highest BCUT2D eigenvalue weighted by molar-refractivity contribution is 7.88. The molecule has 1 aliphatic carbocycles. The summed E-state index contributed by atoms with van der Waals surface area (Å²) < 4.78 is 39.3. The highest BCUT2D eigenvalue weighted by atomic mass is 32.2. The number of sulfonamides is 1. The Morgan fingerprint density at radius 1 is 1.13 bits per heavy atom. The largest absolute Gasteiger partial charge is 0.480 e. The zero-order valence-electron chi connectivity index (χ0n) is 18.5. The minimum Gasteiger partial charge on any atom is -0.480 e. The second-order valence-electron chi connectivity index (χ2n) is 9.10. The summed E-state index contributed by atoms with van der Waals surface area (Å²) in [5, 5.41) is 0. The number of carbonyl (C=O) groups excluding carboxylic acids is 1. The van der Waals surface area contributed by atoms with Gasteiger partial charge in [0, 0.05) is 12.6 Å². The number of piperidine rings is 1. The van der Waals surface area contributed by atoms with Crippen LogP contribution in [0.5, 0.6) is 5.75 Å². The normalized spacial score (nSPS) is 32.1. The number of hydrogen-bond acceptors (Lipinski definition) is 5. The number of carbonyl (C=O) groups is 1. The Labute approximate surface area is 185 Å². The molecule has 3 aliphatic heterocycles. The molecule has 2 bridgehead atoms. The standard InChI is InChI=1S/C23H34N2O5S/c1-3-21-23(26)25-14-6-8-19(24-31(2,27)28)20(25)15-29-17-12-10-16(11-13-17)18-7-4-5-9-22(18)30-21/h4-5,7,9,16-17,19-21,24H,3,6,8,10-15H2,1-2H3/t16?,17?,19-,20?,21?/m0/s1. The molecule has 0 aromatic heterocycles. The minimum absolute atomic E-state index is 0.0857. The molecule has 2 fully saturated rings. The van der Waals surface area contributed by atoms with Gasteiger partial charge in [0.2, 0.25) is 10.0 Å². The highest BCUT2D eigenvalue weighted by Crippen LogP contribution is 2.39. The van der Waals surface area contributed by atoms with E-state index in [2.05, 4.69) is 10.8 Å². The molecule has 31 heavy (non-hydrogen) atoms. The molecule has 172 valence electrons. The third kappa shape index (κ3) is 5.23. The molecule has 4 aliphatic rings. The van der Waals surface area contributed by atoms with E-state index >= 15 is 0 Å². The van der Waals surface area contributed by atoms with Crippen molar-refractivity contribution < 1.29 is 22.7 Å². The second-order valence-corrected chi connectivity index (χ2v) is 10.9. The fourth-order valence-corrected chi connectivity index (χ4v) is 6.12. The first kappa shape index (κ1) is 22.6. The molecular weight excluding hydrogens is 416 g/mol.